The Morgan fingerprint density at radius 2 is 1.71 bits per heavy atom. The summed E-state index contributed by atoms with van der Waals surface area (Å²) in [6, 6.07) is 7.46. The fourth-order valence-corrected chi connectivity index (χ4v) is 1.36. The highest BCUT2D eigenvalue weighted by Crippen LogP contribution is 2.31. The Morgan fingerprint density at radius 1 is 1.21 bits per heavy atom. The van der Waals surface area contributed by atoms with Gasteiger partial charge in [0.25, 0.3) is 0 Å². The number of benzene rings is 1. The molecule has 0 aliphatic carbocycles. The highest BCUT2D eigenvalue weighted by atomic mass is 16.6. The van der Waals surface area contributed by atoms with Gasteiger partial charge in [0.15, 0.2) is 11.5 Å². The van der Waals surface area contributed by atoms with Crippen LogP contribution in [0.25, 0.3) is 0 Å². The second-order valence-electron chi connectivity index (χ2n) is 3.60. The van der Waals surface area contributed by atoms with Crippen LogP contribution in [0, 0.1) is 0 Å². The van der Waals surface area contributed by atoms with Crippen LogP contribution in [-0.4, -0.2) is 23.9 Å². The molecule has 1 aliphatic heterocycles. The van der Waals surface area contributed by atoms with Crippen LogP contribution in [0.3, 0.4) is 0 Å². The van der Waals surface area contributed by atoms with Crippen molar-refractivity contribution in [2.75, 3.05) is 13.2 Å². The molecule has 1 heterocycles. The minimum atomic E-state index is -0.862. The van der Waals surface area contributed by atoms with E-state index in [0.717, 1.165) is 0 Å². The molecular formula is C11H14O3. The lowest BCUT2D eigenvalue weighted by atomic mass is 10.0. The molecule has 0 radical (unpaired) electrons. The lowest BCUT2D eigenvalue weighted by molar-refractivity contribution is -0.0307. The van der Waals surface area contributed by atoms with Gasteiger partial charge >= 0.3 is 0 Å². The molecule has 76 valence electrons. The second kappa shape index (κ2) is 3.50. The Bertz CT molecular complexity index is 295. The normalized spacial score (nSPS) is 18.7. The molecule has 3 nitrogen and oxygen atoms in total. The summed E-state index contributed by atoms with van der Waals surface area (Å²) in [5.74, 6) is 1.41. The number of aliphatic hydroxyl groups is 1. The zero-order valence-electron chi connectivity index (χ0n) is 8.19. The van der Waals surface area contributed by atoms with E-state index in [1.54, 1.807) is 0 Å². The smallest absolute Gasteiger partial charge is 0.161 e. The number of hydrogen-bond acceptors (Lipinski definition) is 3. The molecule has 1 N–H and O–H groups in total. The number of rotatable bonds is 1. The van der Waals surface area contributed by atoms with E-state index in [-0.39, 0.29) is 0 Å². The minimum Gasteiger partial charge on any atom is -0.487 e. The molecule has 1 aromatic rings. The molecule has 0 fully saturated rings. The minimum absolute atomic E-state index is 0.292. The van der Waals surface area contributed by atoms with Crippen molar-refractivity contribution in [2.24, 2.45) is 0 Å². The number of hydrogen-bond donors (Lipinski definition) is 1. The maximum absolute atomic E-state index is 9.98. The molecular weight excluding hydrogens is 180 g/mol. The standard InChI is InChI=1S/C11H14O3/c1-2-11(12)7-13-9-5-3-4-6-10(9)14-8-11/h3-6,12H,2,7-8H2,1H3. The van der Waals surface area contributed by atoms with E-state index >= 15 is 0 Å². The third-order valence-electron chi connectivity index (χ3n) is 2.50. The van der Waals surface area contributed by atoms with Crippen molar-refractivity contribution in [3.05, 3.63) is 24.3 Å². The van der Waals surface area contributed by atoms with E-state index in [0.29, 0.717) is 31.1 Å². The largest absolute Gasteiger partial charge is 0.487 e. The third-order valence-corrected chi connectivity index (χ3v) is 2.50. The predicted octanol–water partition coefficient (Wildman–Crippen LogP) is 1.60. The summed E-state index contributed by atoms with van der Waals surface area (Å²) >= 11 is 0. The molecule has 0 spiro atoms. The van der Waals surface area contributed by atoms with Crippen molar-refractivity contribution in [3.8, 4) is 11.5 Å². The van der Waals surface area contributed by atoms with Crippen LogP contribution in [0.4, 0.5) is 0 Å². The van der Waals surface area contributed by atoms with Crippen molar-refractivity contribution in [1.29, 1.82) is 0 Å². The van der Waals surface area contributed by atoms with E-state index in [2.05, 4.69) is 0 Å². The molecule has 0 bridgehead atoms. The monoisotopic (exact) mass is 194 g/mol. The van der Waals surface area contributed by atoms with Crippen molar-refractivity contribution in [2.45, 2.75) is 18.9 Å². The first kappa shape index (κ1) is 9.34. The first-order chi connectivity index (χ1) is 6.73. The average molecular weight is 194 g/mol. The summed E-state index contributed by atoms with van der Waals surface area (Å²) < 4.78 is 11.0. The summed E-state index contributed by atoms with van der Waals surface area (Å²) in [5.41, 5.74) is -0.862. The van der Waals surface area contributed by atoms with Crippen molar-refractivity contribution in [3.63, 3.8) is 0 Å². The third kappa shape index (κ3) is 1.68. The SMILES string of the molecule is CCC1(O)COc2ccccc2OC1. The molecule has 0 saturated heterocycles. The van der Waals surface area contributed by atoms with Crippen LogP contribution in [0.5, 0.6) is 11.5 Å². The van der Waals surface area contributed by atoms with E-state index in [1.165, 1.54) is 0 Å². The van der Waals surface area contributed by atoms with Gasteiger partial charge in [-0.05, 0) is 18.6 Å². The van der Waals surface area contributed by atoms with Gasteiger partial charge in [0.2, 0.25) is 0 Å². The van der Waals surface area contributed by atoms with Gasteiger partial charge in [0.05, 0.1) is 0 Å². The summed E-state index contributed by atoms with van der Waals surface area (Å²) in [7, 11) is 0. The zero-order valence-corrected chi connectivity index (χ0v) is 8.19. The van der Waals surface area contributed by atoms with E-state index < -0.39 is 5.60 Å². The van der Waals surface area contributed by atoms with Gasteiger partial charge in [0, 0.05) is 0 Å². The van der Waals surface area contributed by atoms with Crippen LogP contribution >= 0.6 is 0 Å². The lowest BCUT2D eigenvalue weighted by Gasteiger charge is -2.22. The van der Waals surface area contributed by atoms with E-state index in [9.17, 15) is 5.11 Å². The topological polar surface area (TPSA) is 38.7 Å². The van der Waals surface area contributed by atoms with Crippen LogP contribution in [0.2, 0.25) is 0 Å². The fourth-order valence-electron chi connectivity index (χ4n) is 1.36. The predicted molar refractivity (Wildman–Crippen MR) is 52.7 cm³/mol. The number of para-hydroxylation sites is 2. The Labute approximate surface area is 83.3 Å². The average Bonchev–Trinajstić information content (AvgIpc) is 2.40. The maximum atomic E-state index is 9.98. The second-order valence-corrected chi connectivity index (χ2v) is 3.60. The van der Waals surface area contributed by atoms with Crippen molar-refractivity contribution in [1.82, 2.24) is 0 Å². The number of fused-ring (bicyclic) bond motifs is 1. The Hall–Kier alpha value is -1.22. The van der Waals surface area contributed by atoms with E-state index in [1.807, 2.05) is 31.2 Å². The van der Waals surface area contributed by atoms with Crippen LogP contribution in [-0.2, 0) is 0 Å². The van der Waals surface area contributed by atoms with Gasteiger partial charge in [0.1, 0.15) is 18.8 Å². The highest BCUT2D eigenvalue weighted by molar-refractivity contribution is 5.40. The maximum Gasteiger partial charge on any atom is 0.161 e. The highest BCUT2D eigenvalue weighted by Gasteiger charge is 2.30. The first-order valence-corrected chi connectivity index (χ1v) is 4.80. The lowest BCUT2D eigenvalue weighted by Crippen LogP contribution is -2.39. The fraction of sp³-hybridized carbons (Fsp3) is 0.455. The molecule has 1 aliphatic rings. The summed E-state index contributed by atoms with van der Waals surface area (Å²) in [6.45, 7) is 2.50. The van der Waals surface area contributed by atoms with Crippen molar-refractivity contribution < 1.29 is 14.6 Å². The van der Waals surface area contributed by atoms with Crippen LogP contribution < -0.4 is 9.47 Å². The summed E-state index contributed by atoms with van der Waals surface area (Å²) in [6.07, 6.45) is 0.626. The van der Waals surface area contributed by atoms with Gasteiger partial charge in [-0.1, -0.05) is 19.1 Å². The molecule has 0 aromatic heterocycles. The molecule has 0 atom stereocenters. The summed E-state index contributed by atoms with van der Waals surface area (Å²) in [5, 5.41) is 9.98. The first-order valence-electron chi connectivity index (χ1n) is 4.80. The molecule has 3 heteroatoms. The molecule has 1 aromatic carbocycles. The van der Waals surface area contributed by atoms with Gasteiger partial charge in [-0.15, -0.1) is 0 Å². The Balaban J connectivity index is 2.22. The summed E-state index contributed by atoms with van der Waals surface area (Å²) in [4.78, 5) is 0. The van der Waals surface area contributed by atoms with Crippen molar-refractivity contribution >= 4 is 0 Å². The van der Waals surface area contributed by atoms with Gasteiger partial charge in [-0.25, -0.2) is 0 Å². The van der Waals surface area contributed by atoms with Crippen LogP contribution in [0.1, 0.15) is 13.3 Å². The van der Waals surface area contributed by atoms with Gasteiger partial charge < -0.3 is 14.6 Å². The Morgan fingerprint density at radius 3 is 2.14 bits per heavy atom. The quantitative estimate of drug-likeness (QED) is 0.738. The molecule has 14 heavy (non-hydrogen) atoms. The van der Waals surface area contributed by atoms with Gasteiger partial charge in [-0.3, -0.25) is 0 Å². The number of ether oxygens (including phenoxy) is 2. The van der Waals surface area contributed by atoms with Crippen LogP contribution in [0.15, 0.2) is 24.3 Å². The zero-order chi connectivity index (χ0) is 10.0. The Kier molecular flexibility index (Phi) is 2.33. The molecule has 0 amide bonds. The molecule has 0 saturated carbocycles. The molecule has 0 unspecified atom stereocenters. The van der Waals surface area contributed by atoms with Gasteiger partial charge in [-0.2, -0.15) is 0 Å². The van der Waals surface area contributed by atoms with E-state index in [4.69, 9.17) is 9.47 Å². The molecule has 2 rings (SSSR count).